The molecule has 0 spiro atoms. The van der Waals surface area contributed by atoms with Crippen molar-refractivity contribution in [2.24, 2.45) is 0 Å². The van der Waals surface area contributed by atoms with Crippen LogP contribution in [0.4, 0.5) is 5.95 Å². The highest BCUT2D eigenvalue weighted by Crippen LogP contribution is 2.31. The molecular formula is C11H14N4OS. The molecule has 90 valence electrons. The van der Waals surface area contributed by atoms with Gasteiger partial charge in [-0.1, -0.05) is 0 Å². The molecule has 0 saturated heterocycles. The molecule has 17 heavy (non-hydrogen) atoms. The van der Waals surface area contributed by atoms with Crippen LogP contribution in [0.3, 0.4) is 0 Å². The third-order valence-corrected chi connectivity index (χ3v) is 3.87. The fourth-order valence-corrected chi connectivity index (χ4v) is 2.92. The van der Waals surface area contributed by atoms with E-state index in [0.29, 0.717) is 11.8 Å². The minimum atomic E-state index is 0.0474. The lowest BCUT2D eigenvalue weighted by atomic mass is 10.0. The van der Waals surface area contributed by atoms with Crippen LogP contribution >= 0.6 is 11.3 Å². The molecule has 1 N–H and O–H groups in total. The van der Waals surface area contributed by atoms with Gasteiger partial charge in [-0.05, 0) is 28.6 Å². The van der Waals surface area contributed by atoms with E-state index in [1.807, 2.05) is 19.0 Å². The highest BCUT2D eigenvalue weighted by atomic mass is 32.1. The van der Waals surface area contributed by atoms with Gasteiger partial charge in [0.05, 0.1) is 0 Å². The smallest absolute Gasteiger partial charge is 0.265 e. The molecule has 6 heteroatoms. The standard InChI is InChI=1S/C11H14N4OS/c1-15(2)11-13-10(16-14-11)9-7-4-6-17-8(7)3-5-12-9/h4,6,9,12H,3,5H2,1-2H3. The molecule has 0 aliphatic carbocycles. The Morgan fingerprint density at radius 2 is 2.41 bits per heavy atom. The summed E-state index contributed by atoms with van der Waals surface area (Å²) in [5.74, 6) is 1.26. The van der Waals surface area contributed by atoms with Crippen molar-refractivity contribution in [3.8, 4) is 0 Å². The van der Waals surface area contributed by atoms with Gasteiger partial charge in [-0.25, -0.2) is 0 Å². The normalized spacial score (nSPS) is 19.1. The molecule has 2 aromatic heterocycles. The molecule has 1 atom stereocenters. The van der Waals surface area contributed by atoms with E-state index in [2.05, 4.69) is 26.9 Å². The Balaban J connectivity index is 1.95. The van der Waals surface area contributed by atoms with E-state index in [1.54, 1.807) is 11.3 Å². The van der Waals surface area contributed by atoms with Crippen molar-refractivity contribution in [2.45, 2.75) is 12.5 Å². The van der Waals surface area contributed by atoms with Crippen molar-refractivity contribution >= 4 is 17.3 Å². The van der Waals surface area contributed by atoms with Gasteiger partial charge < -0.3 is 14.7 Å². The predicted octanol–water partition coefficient (Wildman–Crippen LogP) is 1.43. The maximum absolute atomic E-state index is 5.33. The Morgan fingerprint density at radius 3 is 3.18 bits per heavy atom. The summed E-state index contributed by atoms with van der Waals surface area (Å²) >= 11 is 1.80. The first-order chi connectivity index (χ1) is 8.25. The van der Waals surface area contributed by atoms with Crippen LogP contribution in [0.5, 0.6) is 0 Å². The Kier molecular flexibility index (Phi) is 2.60. The van der Waals surface area contributed by atoms with E-state index in [-0.39, 0.29) is 6.04 Å². The molecule has 0 amide bonds. The fourth-order valence-electron chi connectivity index (χ4n) is 2.00. The van der Waals surface area contributed by atoms with Gasteiger partial charge in [0, 0.05) is 25.5 Å². The molecule has 0 bridgehead atoms. The fraction of sp³-hybridized carbons (Fsp3) is 0.455. The van der Waals surface area contributed by atoms with Crippen molar-refractivity contribution in [3.05, 3.63) is 27.8 Å². The van der Waals surface area contributed by atoms with E-state index in [9.17, 15) is 0 Å². The van der Waals surface area contributed by atoms with Crippen LogP contribution in [0.2, 0.25) is 0 Å². The second kappa shape index (κ2) is 4.12. The third kappa shape index (κ3) is 1.83. The van der Waals surface area contributed by atoms with Gasteiger partial charge in [0.2, 0.25) is 5.89 Å². The van der Waals surface area contributed by atoms with Crippen LogP contribution in [0, 0.1) is 0 Å². The van der Waals surface area contributed by atoms with E-state index in [4.69, 9.17) is 4.52 Å². The molecule has 1 unspecified atom stereocenters. The molecule has 5 nitrogen and oxygen atoms in total. The summed E-state index contributed by atoms with van der Waals surface area (Å²) in [7, 11) is 3.80. The first-order valence-electron chi connectivity index (χ1n) is 5.56. The van der Waals surface area contributed by atoms with Crippen LogP contribution in [-0.4, -0.2) is 30.8 Å². The maximum Gasteiger partial charge on any atom is 0.265 e. The van der Waals surface area contributed by atoms with Crippen molar-refractivity contribution < 1.29 is 4.52 Å². The lowest BCUT2D eigenvalue weighted by Gasteiger charge is -2.20. The van der Waals surface area contributed by atoms with Gasteiger partial charge >= 0.3 is 0 Å². The molecule has 1 aliphatic heterocycles. The number of hydrogen-bond donors (Lipinski definition) is 1. The average molecular weight is 250 g/mol. The molecule has 0 radical (unpaired) electrons. The van der Waals surface area contributed by atoms with E-state index < -0.39 is 0 Å². The van der Waals surface area contributed by atoms with Gasteiger partial charge in [0.1, 0.15) is 6.04 Å². The van der Waals surface area contributed by atoms with E-state index >= 15 is 0 Å². The number of nitrogens with zero attached hydrogens (tertiary/aromatic N) is 3. The van der Waals surface area contributed by atoms with Crippen LogP contribution < -0.4 is 10.2 Å². The zero-order valence-electron chi connectivity index (χ0n) is 9.80. The summed E-state index contributed by atoms with van der Waals surface area (Å²) in [6.45, 7) is 0.956. The summed E-state index contributed by atoms with van der Waals surface area (Å²) in [5.41, 5.74) is 1.27. The average Bonchev–Trinajstić information content (AvgIpc) is 2.97. The Morgan fingerprint density at radius 1 is 1.53 bits per heavy atom. The van der Waals surface area contributed by atoms with Gasteiger partial charge in [-0.2, -0.15) is 4.98 Å². The van der Waals surface area contributed by atoms with Crippen molar-refractivity contribution in [1.82, 2.24) is 15.5 Å². The summed E-state index contributed by atoms with van der Waals surface area (Å²) in [4.78, 5) is 7.65. The summed E-state index contributed by atoms with van der Waals surface area (Å²) in [5, 5.41) is 9.49. The zero-order valence-corrected chi connectivity index (χ0v) is 10.6. The number of aromatic nitrogens is 2. The molecule has 3 rings (SSSR count). The SMILES string of the molecule is CN(C)c1noc(C2NCCc3sccc32)n1. The summed E-state index contributed by atoms with van der Waals surface area (Å²) < 4.78 is 5.33. The van der Waals surface area contributed by atoms with Gasteiger partial charge in [0.15, 0.2) is 0 Å². The van der Waals surface area contributed by atoms with Crippen LogP contribution in [0.25, 0.3) is 0 Å². The minimum Gasteiger partial charge on any atom is -0.344 e. The zero-order chi connectivity index (χ0) is 11.8. The topological polar surface area (TPSA) is 54.2 Å². The second-order valence-corrected chi connectivity index (χ2v) is 5.26. The lowest BCUT2D eigenvalue weighted by molar-refractivity contribution is 0.344. The van der Waals surface area contributed by atoms with Crippen molar-refractivity contribution in [3.63, 3.8) is 0 Å². The maximum atomic E-state index is 5.33. The monoisotopic (exact) mass is 250 g/mol. The van der Waals surface area contributed by atoms with Crippen molar-refractivity contribution in [1.29, 1.82) is 0 Å². The Hall–Kier alpha value is -1.40. The number of hydrogen-bond acceptors (Lipinski definition) is 6. The number of nitrogens with one attached hydrogen (secondary N) is 1. The quantitative estimate of drug-likeness (QED) is 0.874. The highest BCUT2D eigenvalue weighted by molar-refractivity contribution is 7.10. The molecule has 2 aromatic rings. The first-order valence-corrected chi connectivity index (χ1v) is 6.44. The number of anilines is 1. The molecule has 1 aliphatic rings. The molecule has 0 saturated carbocycles. The van der Waals surface area contributed by atoms with Gasteiger partial charge in [-0.3, -0.25) is 0 Å². The van der Waals surface area contributed by atoms with Gasteiger partial charge in [0.25, 0.3) is 5.95 Å². The number of rotatable bonds is 2. The Bertz CT molecular complexity index is 519. The molecule has 3 heterocycles. The molecule has 0 aromatic carbocycles. The first kappa shape index (κ1) is 10.7. The number of thiophene rings is 1. The predicted molar refractivity (Wildman–Crippen MR) is 66.5 cm³/mol. The number of fused-ring (bicyclic) bond motifs is 1. The third-order valence-electron chi connectivity index (χ3n) is 2.87. The highest BCUT2D eigenvalue weighted by Gasteiger charge is 2.27. The van der Waals surface area contributed by atoms with E-state index in [1.165, 1.54) is 10.4 Å². The summed E-state index contributed by atoms with van der Waals surface area (Å²) in [6.07, 6.45) is 1.08. The largest absolute Gasteiger partial charge is 0.344 e. The minimum absolute atomic E-state index is 0.0474. The summed E-state index contributed by atoms with van der Waals surface area (Å²) in [6, 6.07) is 2.18. The molecule has 0 fully saturated rings. The second-order valence-electron chi connectivity index (χ2n) is 4.26. The van der Waals surface area contributed by atoms with Gasteiger partial charge in [-0.15, -0.1) is 11.3 Å². The van der Waals surface area contributed by atoms with Crippen LogP contribution in [0.1, 0.15) is 22.4 Å². The molecular weight excluding hydrogens is 236 g/mol. The van der Waals surface area contributed by atoms with Crippen LogP contribution in [0.15, 0.2) is 16.0 Å². The van der Waals surface area contributed by atoms with Crippen molar-refractivity contribution in [2.75, 3.05) is 25.5 Å². The Labute approximate surface area is 103 Å². The van der Waals surface area contributed by atoms with Crippen LogP contribution in [-0.2, 0) is 6.42 Å². The lowest BCUT2D eigenvalue weighted by Crippen LogP contribution is -2.29. The van der Waals surface area contributed by atoms with E-state index in [0.717, 1.165) is 13.0 Å².